The molecule has 108 valence electrons. The molecule has 2 N–H and O–H groups in total. The SMILES string of the molecule is CSC1(C(N)=S)CCN(C(=O)CC2CCCC2)CC1. The van der Waals surface area contributed by atoms with Crippen LogP contribution in [0.25, 0.3) is 0 Å². The van der Waals surface area contributed by atoms with E-state index in [0.717, 1.165) is 32.4 Å². The van der Waals surface area contributed by atoms with Gasteiger partial charge in [-0.15, -0.1) is 0 Å². The van der Waals surface area contributed by atoms with Gasteiger partial charge in [-0.3, -0.25) is 4.79 Å². The third kappa shape index (κ3) is 3.43. The van der Waals surface area contributed by atoms with Gasteiger partial charge in [0.05, 0.1) is 9.74 Å². The molecule has 1 aliphatic carbocycles. The average Bonchev–Trinajstić information content (AvgIpc) is 2.91. The van der Waals surface area contributed by atoms with E-state index in [1.807, 2.05) is 4.90 Å². The zero-order valence-corrected chi connectivity index (χ0v) is 13.3. The topological polar surface area (TPSA) is 46.3 Å². The van der Waals surface area contributed by atoms with Crippen LogP contribution < -0.4 is 5.73 Å². The van der Waals surface area contributed by atoms with Gasteiger partial charge in [-0.2, -0.15) is 11.8 Å². The molecule has 1 saturated heterocycles. The summed E-state index contributed by atoms with van der Waals surface area (Å²) in [6.45, 7) is 1.62. The summed E-state index contributed by atoms with van der Waals surface area (Å²) in [4.78, 5) is 14.9. The number of carbonyl (C=O) groups is 1. The highest BCUT2D eigenvalue weighted by molar-refractivity contribution is 8.02. The van der Waals surface area contributed by atoms with Crippen LogP contribution in [0.2, 0.25) is 0 Å². The third-order valence-electron chi connectivity index (χ3n) is 4.70. The molecule has 2 rings (SSSR count). The fourth-order valence-electron chi connectivity index (χ4n) is 3.26. The predicted molar refractivity (Wildman–Crippen MR) is 85.4 cm³/mol. The summed E-state index contributed by atoms with van der Waals surface area (Å²) in [5.74, 6) is 0.972. The Morgan fingerprint density at radius 3 is 2.42 bits per heavy atom. The molecule has 1 aliphatic heterocycles. The van der Waals surface area contributed by atoms with E-state index in [-0.39, 0.29) is 4.75 Å². The van der Waals surface area contributed by atoms with Gasteiger partial charge < -0.3 is 10.6 Å². The Hall–Kier alpha value is -0.290. The maximum Gasteiger partial charge on any atom is 0.222 e. The van der Waals surface area contributed by atoms with E-state index in [2.05, 4.69) is 6.26 Å². The normalized spacial score (nSPS) is 23.5. The first-order chi connectivity index (χ1) is 9.07. The van der Waals surface area contributed by atoms with Crippen LogP contribution >= 0.6 is 24.0 Å². The number of carbonyl (C=O) groups excluding carboxylic acids is 1. The van der Waals surface area contributed by atoms with E-state index in [0.29, 0.717) is 16.8 Å². The monoisotopic (exact) mass is 300 g/mol. The maximum atomic E-state index is 12.3. The van der Waals surface area contributed by atoms with Gasteiger partial charge in [0.1, 0.15) is 0 Å². The van der Waals surface area contributed by atoms with Crippen molar-refractivity contribution in [3.8, 4) is 0 Å². The van der Waals surface area contributed by atoms with Gasteiger partial charge in [0.25, 0.3) is 0 Å². The molecule has 0 bridgehead atoms. The minimum absolute atomic E-state index is 0.0839. The molecule has 0 spiro atoms. The van der Waals surface area contributed by atoms with Crippen LogP contribution in [0.3, 0.4) is 0 Å². The van der Waals surface area contributed by atoms with Gasteiger partial charge in [-0.1, -0.05) is 25.1 Å². The van der Waals surface area contributed by atoms with Crippen LogP contribution in [0, 0.1) is 5.92 Å². The van der Waals surface area contributed by atoms with Crippen LogP contribution in [0.5, 0.6) is 0 Å². The molecule has 19 heavy (non-hydrogen) atoms. The van der Waals surface area contributed by atoms with Crippen LogP contribution in [0.4, 0.5) is 0 Å². The van der Waals surface area contributed by atoms with Crippen molar-refractivity contribution in [3.05, 3.63) is 0 Å². The lowest BCUT2D eigenvalue weighted by Crippen LogP contribution is -2.50. The smallest absolute Gasteiger partial charge is 0.222 e. The van der Waals surface area contributed by atoms with Gasteiger partial charge in [0.15, 0.2) is 0 Å². The lowest BCUT2D eigenvalue weighted by molar-refractivity contribution is -0.133. The zero-order chi connectivity index (χ0) is 13.9. The van der Waals surface area contributed by atoms with Gasteiger partial charge in [-0.05, 0) is 37.9 Å². The highest BCUT2D eigenvalue weighted by Gasteiger charge is 2.38. The van der Waals surface area contributed by atoms with Crippen LogP contribution in [0.1, 0.15) is 44.9 Å². The molecule has 1 heterocycles. The third-order valence-corrected chi connectivity index (χ3v) is 6.63. The number of piperidine rings is 1. The number of amides is 1. The van der Waals surface area contributed by atoms with Crippen molar-refractivity contribution in [3.63, 3.8) is 0 Å². The number of nitrogens with two attached hydrogens (primary N) is 1. The molecule has 2 aliphatic rings. The van der Waals surface area contributed by atoms with Crippen molar-refractivity contribution < 1.29 is 4.79 Å². The number of nitrogens with zero attached hydrogens (tertiary/aromatic N) is 1. The fraction of sp³-hybridized carbons (Fsp3) is 0.857. The molecule has 0 aromatic carbocycles. The summed E-state index contributed by atoms with van der Waals surface area (Å²) in [7, 11) is 0. The number of likely N-dealkylation sites (tertiary alicyclic amines) is 1. The van der Waals surface area contributed by atoms with E-state index < -0.39 is 0 Å². The molecular formula is C14H24N2OS2. The fourth-order valence-corrected chi connectivity index (χ4v) is 4.51. The largest absolute Gasteiger partial charge is 0.392 e. The Kier molecular flexibility index (Phi) is 5.12. The minimum atomic E-state index is -0.0839. The summed E-state index contributed by atoms with van der Waals surface area (Å²) in [6, 6.07) is 0. The summed E-state index contributed by atoms with van der Waals surface area (Å²) in [5, 5.41) is 0. The van der Waals surface area contributed by atoms with Gasteiger partial charge in [0, 0.05) is 19.5 Å². The Labute approximate surface area is 125 Å². The highest BCUT2D eigenvalue weighted by atomic mass is 32.2. The first kappa shape index (κ1) is 15.1. The number of hydrogen-bond donors (Lipinski definition) is 1. The molecule has 1 saturated carbocycles. The first-order valence-electron chi connectivity index (χ1n) is 7.20. The molecule has 0 aromatic heterocycles. The average molecular weight is 300 g/mol. The summed E-state index contributed by atoms with van der Waals surface area (Å²) < 4.78 is -0.0839. The second kappa shape index (κ2) is 6.44. The number of thioether (sulfide) groups is 1. The van der Waals surface area contributed by atoms with Crippen molar-refractivity contribution >= 4 is 34.9 Å². The van der Waals surface area contributed by atoms with Crippen molar-refractivity contribution in [1.29, 1.82) is 0 Å². The molecule has 2 fully saturated rings. The van der Waals surface area contributed by atoms with Crippen molar-refractivity contribution in [2.24, 2.45) is 11.7 Å². The van der Waals surface area contributed by atoms with Crippen molar-refractivity contribution in [1.82, 2.24) is 4.90 Å². The zero-order valence-electron chi connectivity index (χ0n) is 11.7. The second-order valence-electron chi connectivity index (χ2n) is 5.80. The number of thiocarbonyl (C=S) groups is 1. The van der Waals surface area contributed by atoms with E-state index in [9.17, 15) is 4.79 Å². The maximum absolute atomic E-state index is 12.3. The van der Waals surface area contributed by atoms with Gasteiger partial charge >= 0.3 is 0 Å². The molecule has 3 nitrogen and oxygen atoms in total. The Bertz CT molecular complexity index is 345. The van der Waals surface area contributed by atoms with Crippen LogP contribution in [-0.4, -0.2) is 39.9 Å². The van der Waals surface area contributed by atoms with Crippen molar-refractivity contribution in [2.75, 3.05) is 19.3 Å². The molecule has 1 amide bonds. The Balaban J connectivity index is 1.85. The standard InChI is InChI=1S/C14H24N2OS2/c1-19-14(13(15)18)6-8-16(9-7-14)12(17)10-11-4-2-3-5-11/h11H,2-10H2,1H3,(H2,15,18). The summed E-state index contributed by atoms with van der Waals surface area (Å²) in [5.41, 5.74) is 5.87. The Morgan fingerprint density at radius 1 is 1.37 bits per heavy atom. The second-order valence-corrected chi connectivity index (χ2v) is 7.43. The summed E-state index contributed by atoms with van der Waals surface area (Å²) >= 11 is 6.94. The van der Waals surface area contributed by atoms with Crippen molar-refractivity contribution in [2.45, 2.75) is 49.7 Å². The lowest BCUT2D eigenvalue weighted by Gasteiger charge is -2.40. The minimum Gasteiger partial charge on any atom is -0.392 e. The molecule has 5 heteroatoms. The van der Waals surface area contributed by atoms with Gasteiger partial charge in [0.2, 0.25) is 5.91 Å². The van der Waals surface area contributed by atoms with Gasteiger partial charge in [-0.25, -0.2) is 0 Å². The van der Waals surface area contributed by atoms with E-state index in [1.165, 1.54) is 25.7 Å². The first-order valence-corrected chi connectivity index (χ1v) is 8.83. The predicted octanol–water partition coefficient (Wildman–Crippen LogP) is 2.58. The number of rotatable bonds is 4. The van der Waals surface area contributed by atoms with E-state index >= 15 is 0 Å². The Morgan fingerprint density at radius 2 is 1.95 bits per heavy atom. The molecule has 0 unspecified atom stereocenters. The highest BCUT2D eigenvalue weighted by Crippen LogP contribution is 2.35. The molecule has 0 aromatic rings. The molecular weight excluding hydrogens is 276 g/mol. The quantitative estimate of drug-likeness (QED) is 0.811. The molecule has 0 atom stereocenters. The number of hydrogen-bond acceptors (Lipinski definition) is 3. The summed E-state index contributed by atoms with van der Waals surface area (Å²) in [6.07, 6.45) is 9.70. The van der Waals surface area contributed by atoms with Crippen LogP contribution in [-0.2, 0) is 4.79 Å². The van der Waals surface area contributed by atoms with Crippen LogP contribution in [0.15, 0.2) is 0 Å². The lowest BCUT2D eigenvalue weighted by atomic mass is 9.94. The van der Waals surface area contributed by atoms with E-state index in [4.69, 9.17) is 18.0 Å². The molecule has 0 radical (unpaired) electrons. The van der Waals surface area contributed by atoms with E-state index in [1.54, 1.807) is 11.8 Å².